The van der Waals surface area contributed by atoms with Crippen molar-refractivity contribution in [3.63, 3.8) is 0 Å². The van der Waals surface area contributed by atoms with Crippen molar-refractivity contribution in [2.24, 2.45) is 0 Å². The highest BCUT2D eigenvalue weighted by Crippen LogP contribution is 2.21. The average molecular weight is 363 g/mol. The van der Waals surface area contributed by atoms with Crippen LogP contribution >= 0.6 is 11.6 Å². The summed E-state index contributed by atoms with van der Waals surface area (Å²) >= 11 is 5.92. The number of carbonyl (C=O) groups is 1. The van der Waals surface area contributed by atoms with E-state index in [1.165, 1.54) is 18.2 Å². The largest absolute Gasteiger partial charge is 0.367 e. The minimum absolute atomic E-state index is 0.0677. The van der Waals surface area contributed by atoms with Crippen LogP contribution in [0.5, 0.6) is 0 Å². The summed E-state index contributed by atoms with van der Waals surface area (Å²) in [5.74, 6) is -0.244. The van der Waals surface area contributed by atoms with Gasteiger partial charge in [0.05, 0.1) is 10.6 Å². The predicted octanol–water partition coefficient (Wildman–Crippen LogP) is 3.63. The molecule has 0 spiro atoms. The Morgan fingerprint density at radius 1 is 1.20 bits per heavy atom. The monoisotopic (exact) mass is 362 g/mol. The molecule has 0 radical (unpaired) electrons. The second-order valence-corrected chi connectivity index (χ2v) is 6.59. The number of anilines is 2. The second-order valence-electron chi connectivity index (χ2n) is 6.18. The van der Waals surface area contributed by atoms with Crippen LogP contribution in [0.4, 0.5) is 16.0 Å². The van der Waals surface area contributed by atoms with Crippen molar-refractivity contribution in [2.75, 3.05) is 30.8 Å². The molecular formula is C18H20ClFN4O. The van der Waals surface area contributed by atoms with Crippen LogP contribution in [-0.2, 0) is 0 Å². The Labute approximate surface area is 151 Å². The molecule has 132 valence electrons. The molecule has 0 unspecified atom stereocenters. The smallest absolute Gasteiger partial charge is 0.261 e. The molecule has 0 aliphatic carbocycles. The molecule has 1 fully saturated rings. The summed E-state index contributed by atoms with van der Waals surface area (Å²) in [4.78, 5) is 19.0. The van der Waals surface area contributed by atoms with E-state index < -0.39 is 11.7 Å². The zero-order valence-electron chi connectivity index (χ0n) is 13.9. The third kappa shape index (κ3) is 4.46. The third-order valence-electron chi connectivity index (χ3n) is 4.25. The number of nitrogens with zero attached hydrogens (tertiary/aromatic N) is 2. The topological polar surface area (TPSA) is 57.3 Å². The minimum atomic E-state index is -0.661. The fourth-order valence-corrected chi connectivity index (χ4v) is 3.09. The first-order chi connectivity index (χ1) is 12.0. The molecule has 1 aliphatic rings. The molecule has 0 saturated carbocycles. The fourth-order valence-electron chi connectivity index (χ4n) is 2.84. The number of rotatable bonds is 4. The summed E-state index contributed by atoms with van der Waals surface area (Å²) in [5, 5.41) is 6.06. The van der Waals surface area contributed by atoms with Crippen molar-refractivity contribution in [3.05, 3.63) is 52.8 Å². The molecule has 1 saturated heterocycles. The molecule has 3 rings (SSSR count). The average Bonchev–Trinajstić information content (AvgIpc) is 2.57. The van der Waals surface area contributed by atoms with E-state index in [4.69, 9.17) is 11.6 Å². The molecule has 1 aromatic carbocycles. The number of piperidine rings is 1. The number of benzene rings is 1. The standard InChI is InChI=1S/C18H20ClFN4O/c1-24-10-8-12(9-11-24)21-15-6-3-7-16(22-15)23-18(25)17-13(19)4-2-5-14(17)20/h2-7,12H,8-11H2,1H3,(H2,21,22,23,25). The summed E-state index contributed by atoms with van der Waals surface area (Å²) in [6.45, 7) is 2.08. The maximum atomic E-state index is 13.8. The van der Waals surface area contributed by atoms with Gasteiger partial charge >= 0.3 is 0 Å². The Balaban J connectivity index is 1.68. The van der Waals surface area contributed by atoms with Gasteiger partial charge in [-0.25, -0.2) is 9.37 Å². The number of halogens is 2. The zero-order valence-corrected chi connectivity index (χ0v) is 14.7. The van der Waals surface area contributed by atoms with Gasteiger partial charge in [-0.2, -0.15) is 0 Å². The lowest BCUT2D eigenvalue weighted by Gasteiger charge is -2.29. The first-order valence-corrected chi connectivity index (χ1v) is 8.58. The van der Waals surface area contributed by atoms with Crippen LogP contribution in [0.3, 0.4) is 0 Å². The molecule has 1 aromatic heterocycles. The lowest BCUT2D eigenvalue weighted by atomic mass is 10.1. The Bertz CT molecular complexity index is 742. The molecular weight excluding hydrogens is 343 g/mol. The lowest BCUT2D eigenvalue weighted by molar-refractivity contribution is 0.102. The highest BCUT2D eigenvalue weighted by atomic mass is 35.5. The number of amides is 1. The van der Waals surface area contributed by atoms with Gasteiger partial charge in [0.25, 0.3) is 5.91 Å². The van der Waals surface area contributed by atoms with Crippen LogP contribution in [0.1, 0.15) is 23.2 Å². The normalized spacial score (nSPS) is 15.8. The molecule has 2 N–H and O–H groups in total. The van der Waals surface area contributed by atoms with Crippen molar-refractivity contribution < 1.29 is 9.18 Å². The number of aromatic nitrogens is 1. The van der Waals surface area contributed by atoms with Crippen LogP contribution in [0.25, 0.3) is 0 Å². The first-order valence-electron chi connectivity index (χ1n) is 8.20. The van der Waals surface area contributed by atoms with Crippen molar-refractivity contribution >= 4 is 29.1 Å². The lowest BCUT2D eigenvalue weighted by Crippen LogP contribution is -2.36. The van der Waals surface area contributed by atoms with Crippen LogP contribution in [-0.4, -0.2) is 42.0 Å². The van der Waals surface area contributed by atoms with Gasteiger partial charge in [-0.15, -0.1) is 0 Å². The van der Waals surface area contributed by atoms with Crippen molar-refractivity contribution in [3.8, 4) is 0 Å². The molecule has 0 atom stereocenters. The van der Waals surface area contributed by atoms with Gasteiger partial charge in [0.1, 0.15) is 17.5 Å². The van der Waals surface area contributed by atoms with E-state index in [1.54, 1.807) is 12.1 Å². The molecule has 2 heterocycles. The highest BCUT2D eigenvalue weighted by molar-refractivity contribution is 6.34. The summed E-state index contributed by atoms with van der Waals surface area (Å²) in [6.07, 6.45) is 2.08. The maximum Gasteiger partial charge on any atom is 0.261 e. The predicted molar refractivity (Wildman–Crippen MR) is 97.7 cm³/mol. The van der Waals surface area contributed by atoms with Gasteiger partial charge in [-0.05, 0) is 57.2 Å². The van der Waals surface area contributed by atoms with Crippen molar-refractivity contribution in [1.82, 2.24) is 9.88 Å². The third-order valence-corrected chi connectivity index (χ3v) is 4.57. The number of likely N-dealkylation sites (tertiary alicyclic amines) is 1. The first kappa shape index (κ1) is 17.6. The second kappa shape index (κ2) is 7.80. The maximum absolute atomic E-state index is 13.8. The van der Waals surface area contributed by atoms with E-state index >= 15 is 0 Å². The zero-order chi connectivity index (χ0) is 17.8. The van der Waals surface area contributed by atoms with Crippen LogP contribution in [0, 0.1) is 5.82 Å². The summed E-state index contributed by atoms with van der Waals surface area (Å²) < 4.78 is 13.8. The van der Waals surface area contributed by atoms with Gasteiger partial charge in [-0.1, -0.05) is 23.7 Å². The number of hydrogen-bond donors (Lipinski definition) is 2. The molecule has 1 amide bonds. The van der Waals surface area contributed by atoms with E-state index in [1.807, 2.05) is 6.07 Å². The van der Waals surface area contributed by atoms with Crippen molar-refractivity contribution in [1.29, 1.82) is 0 Å². The van der Waals surface area contributed by atoms with E-state index in [9.17, 15) is 9.18 Å². The Morgan fingerprint density at radius 3 is 2.60 bits per heavy atom. The summed E-state index contributed by atoms with van der Waals surface area (Å²) in [5.41, 5.74) is -0.181. The summed E-state index contributed by atoms with van der Waals surface area (Å²) in [7, 11) is 2.11. The van der Waals surface area contributed by atoms with Crippen molar-refractivity contribution in [2.45, 2.75) is 18.9 Å². The molecule has 7 heteroatoms. The van der Waals surface area contributed by atoms with Crippen LogP contribution in [0.2, 0.25) is 5.02 Å². The van der Waals surface area contributed by atoms with E-state index in [-0.39, 0.29) is 10.6 Å². The number of pyridine rings is 1. The number of carbonyl (C=O) groups excluding carboxylic acids is 1. The molecule has 5 nitrogen and oxygen atoms in total. The van der Waals surface area contributed by atoms with Gasteiger partial charge in [0, 0.05) is 6.04 Å². The van der Waals surface area contributed by atoms with Gasteiger partial charge in [0.2, 0.25) is 0 Å². The number of nitrogens with one attached hydrogen (secondary N) is 2. The molecule has 2 aromatic rings. The summed E-state index contributed by atoms with van der Waals surface area (Å²) in [6, 6.07) is 9.80. The number of hydrogen-bond acceptors (Lipinski definition) is 4. The van der Waals surface area contributed by atoms with Crippen LogP contribution in [0.15, 0.2) is 36.4 Å². The Hall–Kier alpha value is -2.18. The minimum Gasteiger partial charge on any atom is -0.367 e. The van der Waals surface area contributed by atoms with E-state index in [0.29, 0.717) is 17.7 Å². The SMILES string of the molecule is CN1CCC(Nc2cccc(NC(=O)c3c(F)cccc3Cl)n2)CC1. The molecule has 1 aliphatic heterocycles. The molecule has 0 bridgehead atoms. The Morgan fingerprint density at radius 2 is 1.88 bits per heavy atom. The highest BCUT2D eigenvalue weighted by Gasteiger charge is 2.18. The van der Waals surface area contributed by atoms with E-state index in [2.05, 4.69) is 27.6 Å². The van der Waals surface area contributed by atoms with Gasteiger partial charge in [0.15, 0.2) is 0 Å². The van der Waals surface area contributed by atoms with E-state index in [0.717, 1.165) is 25.9 Å². The molecule has 25 heavy (non-hydrogen) atoms. The Kier molecular flexibility index (Phi) is 5.50. The fraction of sp³-hybridized carbons (Fsp3) is 0.333. The van der Waals surface area contributed by atoms with Gasteiger partial charge < -0.3 is 15.5 Å². The van der Waals surface area contributed by atoms with Crippen LogP contribution < -0.4 is 10.6 Å². The quantitative estimate of drug-likeness (QED) is 0.872. The van der Waals surface area contributed by atoms with Gasteiger partial charge in [-0.3, -0.25) is 4.79 Å².